The second-order valence-electron chi connectivity index (χ2n) is 4.99. The number of ether oxygens (including phenoxy) is 1. The van der Waals surface area contributed by atoms with E-state index in [-0.39, 0.29) is 0 Å². The van der Waals surface area contributed by atoms with Gasteiger partial charge in [-0.3, -0.25) is 0 Å². The van der Waals surface area contributed by atoms with Crippen LogP contribution >= 0.6 is 0 Å². The summed E-state index contributed by atoms with van der Waals surface area (Å²) in [6.45, 7) is 5.76. The number of hydrogen-bond acceptors (Lipinski definition) is 4. The van der Waals surface area contributed by atoms with Crippen LogP contribution in [0.5, 0.6) is 0 Å². The van der Waals surface area contributed by atoms with Crippen LogP contribution < -0.4 is 10.5 Å². The summed E-state index contributed by atoms with van der Waals surface area (Å²) in [4.78, 5) is 22.4. The van der Waals surface area contributed by atoms with Gasteiger partial charge in [-0.15, -0.1) is 0 Å². The van der Waals surface area contributed by atoms with Crippen molar-refractivity contribution in [3.63, 3.8) is 0 Å². The van der Waals surface area contributed by atoms with Gasteiger partial charge in [-0.1, -0.05) is 0 Å². The van der Waals surface area contributed by atoms with E-state index in [1.165, 1.54) is 0 Å². The van der Waals surface area contributed by atoms with Crippen molar-refractivity contribution >= 4 is 20.0 Å². The highest BCUT2D eigenvalue weighted by molar-refractivity contribution is 6.04. The highest BCUT2D eigenvalue weighted by Crippen LogP contribution is 2.08. The summed E-state index contributed by atoms with van der Waals surface area (Å²) < 4.78 is 5.00. The first-order chi connectivity index (χ1) is 8.26. The SMILES string of the molecule is [B]NCCCCC(NC(=O)OC(C)(C)C)C(=O)O. The van der Waals surface area contributed by atoms with Gasteiger partial charge >= 0.3 is 12.1 Å². The fourth-order valence-corrected chi connectivity index (χ4v) is 1.28. The summed E-state index contributed by atoms with van der Waals surface area (Å²) in [5.41, 5.74) is -0.642. The van der Waals surface area contributed by atoms with Crippen LogP contribution in [0.4, 0.5) is 4.79 Å². The molecule has 1 amide bonds. The van der Waals surface area contributed by atoms with Crippen LogP contribution in [0.1, 0.15) is 40.0 Å². The van der Waals surface area contributed by atoms with Crippen LogP contribution in [0.15, 0.2) is 0 Å². The monoisotopic (exact) mass is 256 g/mol. The molecule has 0 saturated heterocycles. The predicted molar refractivity (Wildman–Crippen MR) is 68.4 cm³/mol. The zero-order valence-corrected chi connectivity index (χ0v) is 11.2. The molecule has 0 bridgehead atoms. The summed E-state index contributed by atoms with van der Waals surface area (Å²) in [6.07, 6.45) is 1.02. The second-order valence-corrected chi connectivity index (χ2v) is 4.99. The lowest BCUT2D eigenvalue weighted by molar-refractivity contribution is -0.139. The fraction of sp³-hybridized carbons (Fsp3) is 0.818. The van der Waals surface area contributed by atoms with Gasteiger partial charge < -0.3 is 20.4 Å². The first-order valence-corrected chi connectivity index (χ1v) is 5.92. The highest BCUT2D eigenvalue weighted by Gasteiger charge is 2.23. The standard InChI is InChI=1S/C11H21BN2O4/c1-11(2,3)18-10(17)14-8(9(15)16)6-4-5-7-13-12/h8,13H,4-7H2,1-3H3,(H,14,17)(H,15,16). The van der Waals surface area contributed by atoms with Crippen molar-refractivity contribution in [3.8, 4) is 0 Å². The molecule has 0 aliphatic carbocycles. The van der Waals surface area contributed by atoms with Crippen molar-refractivity contribution in [1.29, 1.82) is 0 Å². The fourth-order valence-electron chi connectivity index (χ4n) is 1.28. The van der Waals surface area contributed by atoms with E-state index >= 15 is 0 Å². The van der Waals surface area contributed by atoms with E-state index < -0.39 is 23.7 Å². The van der Waals surface area contributed by atoms with Gasteiger partial charge in [0.25, 0.3) is 0 Å². The summed E-state index contributed by atoms with van der Waals surface area (Å²) in [5, 5.41) is 13.8. The minimum Gasteiger partial charge on any atom is -0.480 e. The van der Waals surface area contributed by atoms with Crippen LogP contribution in [0.3, 0.4) is 0 Å². The number of carboxylic acids is 1. The molecule has 0 aromatic heterocycles. The molecule has 6 nitrogen and oxygen atoms in total. The molecule has 1 atom stereocenters. The zero-order chi connectivity index (χ0) is 14.2. The van der Waals surface area contributed by atoms with E-state index in [0.717, 1.165) is 6.42 Å². The molecule has 0 spiro atoms. The lowest BCUT2D eigenvalue weighted by Crippen LogP contribution is -2.43. The van der Waals surface area contributed by atoms with E-state index in [1.54, 1.807) is 20.8 Å². The summed E-state index contributed by atoms with van der Waals surface area (Å²) in [7, 11) is 5.10. The Balaban J connectivity index is 4.11. The first-order valence-electron chi connectivity index (χ1n) is 5.92. The first kappa shape index (κ1) is 16.8. The number of nitrogens with one attached hydrogen (secondary N) is 2. The summed E-state index contributed by atoms with van der Waals surface area (Å²) in [5.74, 6) is -1.07. The molecule has 18 heavy (non-hydrogen) atoms. The molecule has 0 aliphatic heterocycles. The number of carbonyl (C=O) groups is 2. The quantitative estimate of drug-likeness (QED) is 0.463. The van der Waals surface area contributed by atoms with Crippen molar-refractivity contribution < 1.29 is 19.4 Å². The lowest BCUT2D eigenvalue weighted by atomic mass is 10.1. The lowest BCUT2D eigenvalue weighted by Gasteiger charge is -2.22. The maximum Gasteiger partial charge on any atom is 0.408 e. The topological polar surface area (TPSA) is 87.7 Å². The molecule has 0 rings (SSSR count). The molecule has 1 unspecified atom stereocenters. The Morgan fingerprint density at radius 3 is 2.39 bits per heavy atom. The van der Waals surface area contributed by atoms with Crippen molar-refractivity contribution in [2.45, 2.75) is 51.7 Å². The molecule has 3 N–H and O–H groups in total. The molecule has 0 aromatic carbocycles. The average Bonchev–Trinajstić information content (AvgIpc) is 2.19. The summed E-state index contributed by atoms with van der Waals surface area (Å²) >= 11 is 0. The normalized spacial score (nSPS) is 12.8. The van der Waals surface area contributed by atoms with E-state index in [9.17, 15) is 9.59 Å². The molecule has 0 saturated carbocycles. The van der Waals surface area contributed by atoms with Gasteiger partial charge in [0.05, 0.1) is 0 Å². The van der Waals surface area contributed by atoms with E-state index in [2.05, 4.69) is 10.5 Å². The third kappa shape index (κ3) is 8.86. The Morgan fingerprint density at radius 1 is 1.33 bits per heavy atom. The molecule has 0 aromatic rings. The minimum atomic E-state index is -1.07. The number of carboxylic acid groups (broad SMARTS) is 1. The number of amides is 1. The maximum absolute atomic E-state index is 11.4. The average molecular weight is 256 g/mol. The van der Waals surface area contributed by atoms with Gasteiger partial charge in [-0.2, -0.15) is 0 Å². The minimum absolute atomic E-state index is 0.344. The second kappa shape index (κ2) is 7.97. The number of unbranched alkanes of at least 4 members (excludes halogenated alkanes) is 1. The Hall–Kier alpha value is -1.24. The number of carbonyl (C=O) groups excluding carboxylic acids is 1. The largest absolute Gasteiger partial charge is 0.480 e. The van der Waals surface area contributed by atoms with Crippen molar-refractivity contribution in [1.82, 2.24) is 10.5 Å². The van der Waals surface area contributed by atoms with E-state index in [0.29, 0.717) is 19.4 Å². The van der Waals surface area contributed by atoms with Gasteiger partial charge in [0.2, 0.25) is 0 Å². The van der Waals surface area contributed by atoms with Crippen LogP contribution in [0.2, 0.25) is 0 Å². The van der Waals surface area contributed by atoms with Gasteiger partial charge in [0.15, 0.2) is 7.98 Å². The molecule has 0 heterocycles. The van der Waals surface area contributed by atoms with Crippen LogP contribution in [0, 0.1) is 0 Å². The Morgan fingerprint density at radius 2 is 1.94 bits per heavy atom. The van der Waals surface area contributed by atoms with Crippen LogP contribution in [0.25, 0.3) is 0 Å². The maximum atomic E-state index is 11.4. The molecule has 7 heteroatoms. The molecular formula is C11H21BN2O4. The zero-order valence-electron chi connectivity index (χ0n) is 11.2. The third-order valence-electron chi connectivity index (χ3n) is 2.05. The molecule has 102 valence electrons. The molecular weight excluding hydrogens is 235 g/mol. The summed E-state index contributed by atoms with van der Waals surface area (Å²) in [6, 6.07) is -0.933. The van der Waals surface area contributed by atoms with Crippen LogP contribution in [-0.2, 0) is 9.53 Å². The predicted octanol–water partition coefficient (Wildman–Crippen LogP) is 0.808. The van der Waals surface area contributed by atoms with Gasteiger partial charge in [0.1, 0.15) is 11.6 Å². The van der Waals surface area contributed by atoms with Crippen molar-refractivity contribution in [3.05, 3.63) is 0 Å². The smallest absolute Gasteiger partial charge is 0.408 e. The number of alkyl carbamates (subject to hydrolysis) is 1. The number of hydrogen-bond donors (Lipinski definition) is 3. The van der Waals surface area contributed by atoms with Gasteiger partial charge in [-0.25, -0.2) is 9.59 Å². The number of rotatable bonds is 7. The highest BCUT2D eigenvalue weighted by atomic mass is 16.6. The van der Waals surface area contributed by atoms with Gasteiger partial charge in [-0.05, 0) is 46.6 Å². The Labute approximate surface area is 109 Å². The van der Waals surface area contributed by atoms with Crippen LogP contribution in [-0.4, -0.2) is 43.3 Å². The van der Waals surface area contributed by atoms with E-state index in [1.807, 2.05) is 0 Å². The van der Waals surface area contributed by atoms with Crippen molar-refractivity contribution in [2.24, 2.45) is 0 Å². The molecule has 0 fully saturated rings. The third-order valence-corrected chi connectivity index (χ3v) is 2.05. The molecule has 2 radical (unpaired) electrons. The number of aliphatic carboxylic acids is 1. The molecule has 0 aliphatic rings. The Kier molecular flexibility index (Phi) is 7.42. The van der Waals surface area contributed by atoms with Crippen molar-refractivity contribution in [2.75, 3.05) is 6.54 Å². The Bertz CT molecular complexity index is 279. The van der Waals surface area contributed by atoms with E-state index in [4.69, 9.17) is 17.8 Å². The van der Waals surface area contributed by atoms with Gasteiger partial charge in [0, 0.05) is 0 Å².